The maximum absolute atomic E-state index is 5.01. The van der Waals surface area contributed by atoms with Gasteiger partial charge in [-0.2, -0.15) is 0 Å². The van der Waals surface area contributed by atoms with E-state index in [1.165, 1.54) is 0 Å². The molecule has 118 valence electrons. The van der Waals surface area contributed by atoms with Crippen LogP contribution in [0.15, 0.2) is 29.4 Å². The molecule has 0 aliphatic carbocycles. The number of anilines is 1. The fourth-order valence-electron chi connectivity index (χ4n) is 1.72. The van der Waals surface area contributed by atoms with Gasteiger partial charge in [0.2, 0.25) is 0 Å². The zero-order valence-corrected chi connectivity index (χ0v) is 13.1. The Bertz CT molecular complexity index is 383. The third-order valence-electron chi connectivity index (χ3n) is 2.77. The molecule has 0 saturated heterocycles. The van der Waals surface area contributed by atoms with E-state index in [4.69, 9.17) is 4.74 Å². The number of nitrogens with one attached hydrogen (secondary N) is 3. The smallest absolute Gasteiger partial charge is 0.191 e. The first-order valence-electron chi connectivity index (χ1n) is 7.53. The summed E-state index contributed by atoms with van der Waals surface area (Å²) in [5, 5.41) is 9.74. The van der Waals surface area contributed by atoms with E-state index in [9.17, 15) is 0 Å². The maximum Gasteiger partial charge on any atom is 0.191 e. The van der Waals surface area contributed by atoms with E-state index in [-0.39, 0.29) is 0 Å². The first-order chi connectivity index (χ1) is 10.4. The molecule has 0 saturated carbocycles. The quantitative estimate of drug-likeness (QED) is 0.346. The Morgan fingerprint density at radius 2 is 2.14 bits per heavy atom. The van der Waals surface area contributed by atoms with Crippen molar-refractivity contribution in [2.75, 3.05) is 45.2 Å². The molecule has 1 heterocycles. The molecule has 6 nitrogen and oxygen atoms in total. The highest BCUT2D eigenvalue weighted by molar-refractivity contribution is 5.79. The normalized spacial score (nSPS) is 11.2. The highest BCUT2D eigenvalue weighted by atomic mass is 16.5. The number of ether oxygens (including phenoxy) is 1. The van der Waals surface area contributed by atoms with Gasteiger partial charge in [0, 0.05) is 39.5 Å². The molecule has 0 aliphatic heterocycles. The van der Waals surface area contributed by atoms with Crippen molar-refractivity contribution in [2.45, 2.75) is 19.8 Å². The molecule has 0 atom stereocenters. The van der Waals surface area contributed by atoms with Crippen LogP contribution in [-0.2, 0) is 4.74 Å². The lowest BCUT2D eigenvalue weighted by Gasteiger charge is -2.10. The summed E-state index contributed by atoms with van der Waals surface area (Å²) in [6.45, 7) is 6.10. The van der Waals surface area contributed by atoms with E-state index >= 15 is 0 Å². The first-order valence-corrected chi connectivity index (χ1v) is 7.53. The topological polar surface area (TPSA) is 70.6 Å². The van der Waals surface area contributed by atoms with Gasteiger partial charge in [-0.3, -0.25) is 4.99 Å². The third-order valence-corrected chi connectivity index (χ3v) is 2.77. The molecule has 0 amide bonds. The van der Waals surface area contributed by atoms with Crippen molar-refractivity contribution in [2.24, 2.45) is 4.99 Å². The van der Waals surface area contributed by atoms with Gasteiger partial charge in [0.1, 0.15) is 5.82 Å². The van der Waals surface area contributed by atoms with Gasteiger partial charge in [-0.15, -0.1) is 0 Å². The molecule has 6 heteroatoms. The van der Waals surface area contributed by atoms with Gasteiger partial charge in [-0.05, 0) is 31.9 Å². The van der Waals surface area contributed by atoms with Crippen LogP contribution in [0.5, 0.6) is 0 Å². The van der Waals surface area contributed by atoms with Crippen LogP contribution >= 0.6 is 0 Å². The lowest BCUT2D eigenvalue weighted by atomic mass is 10.3. The van der Waals surface area contributed by atoms with Crippen molar-refractivity contribution in [1.82, 2.24) is 15.6 Å². The maximum atomic E-state index is 5.01. The molecule has 0 radical (unpaired) electrons. The predicted molar refractivity (Wildman–Crippen MR) is 87.8 cm³/mol. The van der Waals surface area contributed by atoms with Crippen LogP contribution in [0.2, 0.25) is 0 Å². The minimum absolute atomic E-state index is 0.679. The van der Waals surface area contributed by atoms with Crippen LogP contribution in [-0.4, -0.2) is 50.8 Å². The highest BCUT2D eigenvalue weighted by Crippen LogP contribution is 2.00. The lowest BCUT2D eigenvalue weighted by Crippen LogP contribution is -2.39. The second-order valence-corrected chi connectivity index (χ2v) is 4.53. The summed E-state index contributed by atoms with van der Waals surface area (Å²) >= 11 is 0. The Labute approximate surface area is 127 Å². The molecule has 21 heavy (non-hydrogen) atoms. The number of methoxy groups -OCH3 is 1. The van der Waals surface area contributed by atoms with Crippen molar-refractivity contribution >= 4 is 11.8 Å². The van der Waals surface area contributed by atoms with Gasteiger partial charge in [0.15, 0.2) is 5.96 Å². The average molecular weight is 293 g/mol. The molecular weight excluding hydrogens is 266 g/mol. The number of unbranched alkanes of at least 4 members (excludes halogenated alkanes) is 1. The minimum atomic E-state index is 0.679. The SMILES string of the molecule is CCNC(=NCCCCNc1ccccn1)NCCOC. The summed E-state index contributed by atoms with van der Waals surface area (Å²) in [6, 6.07) is 5.87. The number of aromatic nitrogens is 1. The number of pyridine rings is 1. The van der Waals surface area contributed by atoms with Crippen LogP contribution in [0.4, 0.5) is 5.82 Å². The summed E-state index contributed by atoms with van der Waals surface area (Å²) in [5.41, 5.74) is 0. The molecule has 0 spiro atoms. The van der Waals surface area contributed by atoms with Crippen molar-refractivity contribution in [3.05, 3.63) is 24.4 Å². The van der Waals surface area contributed by atoms with E-state index in [2.05, 4.69) is 32.9 Å². The molecule has 0 bridgehead atoms. The largest absolute Gasteiger partial charge is 0.383 e. The molecule has 0 fully saturated rings. The number of rotatable bonds is 10. The Balaban J connectivity index is 2.12. The Morgan fingerprint density at radius 3 is 2.86 bits per heavy atom. The molecule has 0 aliphatic rings. The summed E-state index contributed by atoms with van der Waals surface area (Å²) in [7, 11) is 1.69. The van der Waals surface area contributed by atoms with Gasteiger partial charge in [-0.25, -0.2) is 4.98 Å². The highest BCUT2D eigenvalue weighted by Gasteiger charge is 1.96. The van der Waals surface area contributed by atoms with Gasteiger partial charge in [0.05, 0.1) is 6.61 Å². The number of aliphatic imine (C=N–C) groups is 1. The van der Waals surface area contributed by atoms with E-state index in [1.807, 2.05) is 18.2 Å². The van der Waals surface area contributed by atoms with Crippen LogP contribution in [0.3, 0.4) is 0 Å². The number of guanidine groups is 1. The fourth-order valence-corrected chi connectivity index (χ4v) is 1.72. The molecule has 1 aromatic heterocycles. The van der Waals surface area contributed by atoms with E-state index in [0.717, 1.165) is 50.8 Å². The standard InChI is InChI=1S/C15H27N5O/c1-3-16-15(20-12-13-21-2)19-11-7-6-10-18-14-8-4-5-9-17-14/h4-5,8-9H,3,6-7,10-13H2,1-2H3,(H,17,18)(H2,16,19,20). The van der Waals surface area contributed by atoms with Crippen LogP contribution in [0.1, 0.15) is 19.8 Å². The molecule has 1 aromatic rings. The van der Waals surface area contributed by atoms with Crippen LogP contribution in [0, 0.1) is 0 Å². The number of nitrogens with zero attached hydrogens (tertiary/aromatic N) is 2. The van der Waals surface area contributed by atoms with E-state index < -0.39 is 0 Å². The van der Waals surface area contributed by atoms with Gasteiger partial charge in [0.25, 0.3) is 0 Å². The summed E-state index contributed by atoms with van der Waals surface area (Å²) in [4.78, 5) is 8.75. The second-order valence-electron chi connectivity index (χ2n) is 4.53. The van der Waals surface area contributed by atoms with Crippen LogP contribution < -0.4 is 16.0 Å². The summed E-state index contributed by atoms with van der Waals surface area (Å²) in [6.07, 6.45) is 3.90. The van der Waals surface area contributed by atoms with Gasteiger partial charge < -0.3 is 20.7 Å². The molecule has 0 aromatic carbocycles. The molecule has 3 N–H and O–H groups in total. The van der Waals surface area contributed by atoms with Crippen molar-refractivity contribution in [3.8, 4) is 0 Å². The van der Waals surface area contributed by atoms with E-state index in [1.54, 1.807) is 13.3 Å². The Hall–Kier alpha value is -1.82. The monoisotopic (exact) mass is 293 g/mol. The molecule has 0 unspecified atom stereocenters. The lowest BCUT2D eigenvalue weighted by molar-refractivity contribution is 0.203. The van der Waals surface area contributed by atoms with Crippen molar-refractivity contribution in [1.29, 1.82) is 0 Å². The fraction of sp³-hybridized carbons (Fsp3) is 0.600. The second kappa shape index (κ2) is 12.0. The van der Waals surface area contributed by atoms with Gasteiger partial charge >= 0.3 is 0 Å². The molecular formula is C15H27N5O. The van der Waals surface area contributed by atoms with Gasteiger partial charge in [-0.1, -0.05) is 6.07 Å². The van der Waals surface area contributed by atoms with Crippen LogP contribution in [0.25, 0.3) is 0 Å². The average Bonchev–Trinajstić information content (AvgIpc) is 2.52. The molecule has 1 rings (SSSR count). The minimum Gasteiger partial charge on any atom is -0.383 e. The summed E-state index contributed by atoms with van der Waals surface area (Å²) in [5.74, 6) is 1.78. The predicted octanol–water partition coefficient (Wildman–Crippen LogP) is 1.48. The number of hydrogen-bond donors (Lipinski definition) is 3. The number of hydrogen-bond acceptors (Lipinski definition) is 4. The Morgan fingerprint density at radius 1 is 1.24 bits per heavy atom. The zero-order chi connectivity index (χ0) is 15.2. The zero-order valence-electron chi connectivity index (χ0n) is 13.1. The summed E-state index contributed by atoms with van der Waals surface area (Å²) < 4.78 is 5.01. The Kier molecular flexibility index (Phi) is 9.82. The van der Waals surface area contributed by atoms with E-state index in [0.29, 0.717) is 6.61 Å². The third kappa shape index (κ3) is 8.86. The first kappa shape index (κ1) is 17.2. The van der Waals surface area contributed by atoms with Crippen molar-refractivity contribution < 1.29 is 4.74 Å². The van der Waals surface area contributed by atoms with Crippen molar-refractivity contribution in [3.63, 3.8) is 0 Å².